The van der Waals surface area contributed by atoms with Crippen LogP contribution in [0.25, 0.3) is 0 Å². The first-order valence-electron chi connectivity index (χ1n) is 5.77. The quantitative estimate of drug-likeness (QED) is 0.769. The highest BCUT2D eigenvalue weighted by Gasteiger charge is 2.12. The third kappa shape index (κ3) is 4.35. The van der Waals surface area contributed by atoms with Gasteiger partial charge in [0.25, 0.3) is 5.91 Å². The van der Waals surface area contributed by atoms with E-state index in [-0.39, 0.29) is 5.69 Å². The molecule has 2 aromatic carbocycles. The number of hydrogen-bond acceptors (Lipinski definition) is 2. The van der Waals surface area contributed by atoms with Crippen molar-refractivity contribution < 1.29 is 22.7 Å². The monoisotopic (exact) mass is 407 g/mol. The van der Waals surface area contributed by atoms with Crippen molar-refractivity contribution >= 4 is 34.2 Å². The molecule has 21 heavy (non-hydrogen) atoms. The molecule has 0 aliphatic rings. The fourth-order valence-electron chi connectivity index (χ4n) is 1.57. The summed E-state index contributed by atoms with van der Waals surface area (Å²) >= 11 is 2.10. The van der Waals surface area contributed by atoms with Crippen LogP contribution in [-0.2, 0) is 0 Å². The lowest BCUT2D eigenvalue weighted by Crippen LogP contribution is -2.12. The van der Waals surface area contributed by atoms with E-state index in [4.69, 9.17) is 0 Å². The molecule has 0 aliphatic carbocycles. The Morgan fingerprint density at radius 2 is 1.81 bits per heavy atom. The lowest BCUT2D eigenvalue weighted by molar-refractivity contribution is -0.0521. The van der Waals surface area contributed by atoms with Crippen molar-refractivity contribution in [3.8, 4) is 5.75 Å². The van der Waals surface area contributed by atoms with Gasteiger partial charge in [-0.3, -0.25) is 4.79 Å². The Labute approximate surface area is 132 Å². The predicted molar refractivity (Wildman–Crippen MR) is 80.1 cm³/mol. The molecule has 2 aromatic rings. The molecule has 0 spiro atoms. The molecule has 1 N–H and O–H groups in total. The number of nitrogens with one attached hydrogen (secondary N) is 1. The zero-order valence-corrected chi connectivity index (χ0v) is 12.6. The van der Waals surface area contributed by atoms with Crippen molar-refractivity contribution in [3.05, 3.63) is 57.4 Å². The highest BCUT2D eigenvalue weighted by Crippen LogP contribution is 2.23. The Morgan fingerprint density at radius 3 is 2.38 bits per heavy atom. The zero-order chi connectivity index (χ0) is 15.4. The maximum absolute atomic E-state index is 13.5. The van der Waals surface area contributed by atoms with Crippen LogP contribution >= 0.6 is 22.6 Å². The van der Waals surface area contributed by atoms with Gasteiger partial charge < -0.3 is 10.1 Å². The Hall–Kier alpha value is -1.77. The Balaban J connectivity index is 2.11. The molecule has 0 radical (unpaired) electrons. The molecule has 1 amide bonds. The minimum Gasteiger partial charge on any atom is -0.432 e. The average molecular weight is 407 g/mol. The van der Waals surface area contributed by atoms with Crippen LogP contribution in [0.4, 0.5) is 18.9 Å². The van der Waals surface area contributed by atoms with Crippen LogP contribution in [0.1, 0.15) is 10.4 Å². The fourth-order valence-corrected chi connectivity index (χ4v) is 1.93. The van der Waals surface area contributed by atoms with Crippen molar-refractivity contribution in [1.82, 2.24) is 0 Å². The van der Waals surface area contributed by atoms with E-state index in [1.165, 1.54) is 6.07 Å². The van der Waals surface area contributed by atoms with Gasteiger partial charge in [0.15, 0.2) is 11.6 Å². The third-order valence-electron chi connectivity index (χ3n) is 2.51. The second-order valence-corrected chi connectivity index (χ2v) is 5.23. The average Bonchev–Trinajstić information content (AvgIpc) is 2.42. The summed E-state index contributed by atoms with van der Waals surface area (Å²) in [7, 11) is 0. The van der Waals surface area contributed by atoms with Gasteiger partial charge in [0.1, 0.15) is 0 Å². The molecule has 0 heterocycles. The van der Waals surface area contributed by atoms with Crippen LogP contribution in [0.3, 0.4) is 0 Å². The molecular weight excluding hydrogens is 398 g/mol. The summed E-state index contributed by atoms with van der Waals surface area (Å²) in [6, 6.07) is 10.0. The molecule has 0 aromatic heterocycles. The number of carbonyl (C=O) groups excluding carboxylic acids is 1. The summed E-state index contributed by atoms with van der Waals surface area (Å²) in [4.78, 5) is 11.9. The number of halogens is 4. The van der Waals surface area contributed by atoms with E-state index in [0.29, 0.717) is 5.56 Å². The van der Waals surface area contributed by atoms with Gasteiger partial charge in [0.2, 0.25) is 0 Å². The first kappa shape index (κ1) is 15.6. The second kappa shape index (κ2) is 6.79. The van der Waals surface area contributed by atoms with Gasteiger partial charge in [-0.15, -0.1) is 0 Å². The number of alkyl halides is 2. The van der Waals surface area contributed by atoms with Crippen molar-refractivity contribution in [2.24, 2.45) is 0 Å². The lowest BCUT2D eigenvalue weighted by Gasteiger charge is -2.09. The van der Waals surface area contributed by atoms with E-state index >= 15 is 0 Å². The van der Waals surface area contributed by atoms with E-state index in [1.807, 2.05) is 0 Å². The Kier molecular flexibility index (Phi) is 5.05. The summed E-state index contributed by atoms with van der Waals surface area (Å²) < 4.78 is 42.5. The first-order valence-corrected chi connectivity index (χ1v) is 6.85. The van der Waals surface area contributed by atoms with Crippen molar-refractivity contribution in [2.45, 2.75) is 6.61 Å². The molecule has 0 fully saturated rings. The number of hydrogen-bond donors (Lipinski definition) is 1. The summed E-state index contributed by atoms with van der Waals surface area (Å²) in [5, 5.41) is 2.47. The maximum atomic E-state index is 13.5. The number of benzene rings is 2. The number of carbonyl (C=O) groups is 1. The summed E-state index contributed by atoms with van der Waals surface area (Å²) in [6.07, 6.45) is 0. The van der Waals surface area contributed by atoms with Gasteiger partial charge in [-0.05, 0) is 59.0 Å². The zero-order valence-electron chi connectivity index (χ0n) is 10.4. The number of amides is 1. The smallest absolute Gasteiger partial charge is 0.387 e. The molecule has 2 rings (SSSR count). The normalized spacial score (nSPS) is 10.5. The van der Waals surface area contributed by atoms with E-state index in [1.54, 1.807) is 24.3 Å². The summed E-state index contributed by atoms with van der Waals surface area (Å²) in [5.74, 6) is -1.97. The highest BCUT2D eigenvalue weighted by atomic mass is 127. The molecule has 0 saturated carbocycles. The molecule has 0 aliphatic heterocycles. The molecule has 0 atom stereocenters. The van der Waals surface area contributed by atoms with Gasteiger partial charge in [0, 0.05) is 20.9 Å². The highest BCUT2D eigenvalue weighted by molar-refractivity contribution is 14.1. The van der Waals surface area contributed by atoms with Crippen LogP contribution in [0.2, 0.25) is 0 Å². The minimum atomic E-state index is -3.10. The van der Waals surface area contributed by atoms with E-state index in [9.17, 15) is 18.0 Å². The summed E-state index contributed by atoms with van der Waals surface area (Å²) in [6.45, 7) is -3.10. The maximum Gasteiger partial charge on any atom is 0.387 e. The SMILES string of the molecule is O=C(Nc1ccc(OC(F)F)c(F)c1)c1ccc(I)cc1. The molecule has 0 bridgehead atoms. The summed E-state index contributed by atoms with van der Waals surface area (Å²) in [5.41, 5.74) is 0.557. The topological polar surface area (TPSA) is 38.3 Å². The van der Waals surface area contributed by atoms with Gasteiger partial charge in [-0.1, -0.05) is 0 Å². The standard InChI is InChI=1S/C14H9F3INO2/c15-11-7-10(5-6-12(11)21-14(16)17)19-13(20)8-1-3-9(18)4-2-8/h1-7,14H,(H,19,20). The van der Waals surface area contributed by atoms with Crippen LogP contribution < -0.4 is 10.1 Å². The Morgan fingerprint density at radius 1 is 1.14 bits per heavy atom. The Bertz CT molecular complexity index is 647. The van der Waals surface area contributed by atoms with E-state index < -0.39 is 24.1 Å². The van der Waals surface area contributed by atoms with Crippen LogP contribution in [0.15, 0.2) is 42.5 Å². The number of ether oxygens (including phenoxy) is 1. The third-order valence-corrected chi connectivity index (χ3v) is 3.23. The van der Waals surface area contributed by atoms with Gasteiger partial charge >= 0.3 is 6.61 Å². The lowest BCUT2D eigenvalue weighted by atomic mass is 10.2. The molecule has 110 valence electrons. The van der Waals surface area contributed by atoms with Crippen LogP contribution in [0.5, 0.6) is 5.75 Å². The van der Waals surface area contributed by atoms with Crippen molar-refractivity contribution in [3.63, 3.8) is 0 Å². The number of anilines is 1. The molecule has 0 unspecified atom stereocenters. The number of rotatable bonds is 4. The van der Waals surface area contributed by atoms with Crippen molar-refractivity contribution in [2.75, 3.05) is 5.32 Å². The van der Waals surface area contributed by atoms with Crippen LogP contribution in [0, 0.1) is 9.39 Å². The largest absolute Gasteiger partial charge is 0.432 e. The predicted octanol–water partition coefficient (Wildman–Crippen LogP) is 4.28. The molecular formula is C14H9F3INO2. The first-order chi connectivity index (χ1) is 9.95. The van der Waals surface area contributed by atoms with Gasteiger partial charge in [-0.2, -0.15) is 8.78 Å². The fraction of sp³-hybridized carbons (Fsp3) is 0.0714. The molecule has 3 nitrogen and oxygen atoms in total. The van der Waals surface area contributed by atoms with Gasteiger partial charge in [0.05, 0.1) is 0 Å². The minimum absolute atomic E-state index is 0.151. The molecule has 0 saturated heterocycles. The van der Waals surface area contributed by atoms with Gasteiger partial charge in [-0.25, -0.2) is 4.39 Å². The van der Waals surface area contributed by atoms with Crippen molar-refractivity contribution in [1.29, 1.82) is 0 Å². The van der Waals surface area contributed by atoms with Crippen LogP contribution in [-0.4, -0.2) is 12.5 Å². The molecule has 7 heteroatoms. The van der Waals surface area contributed by atoms with E-state index in [0.717, 1.165) is 15.7 Å². The second-order valence-electron chi connectivity index (χ2n) is 3.98. The van der Waals surface area contributed by atoms with E-state index in [2.05, 4.69) is 32.6 Å².